The minimum absolute atomic E-state index is 0.0306. The highest BCUT2D eigenvalue weighted by Crippen LogP contribution is 2.27. The van der Waals surface area contributed by atoms with Crippen molar-refractivity contribution < 1.29 is 9.59 Å². The second-order valence-electron chi connectivity index (χ2n) is 6.75. The van der Waals surface area contributed by atoms with Crippen LogP contribution in [0, 0.1) is 5.92 Å². The first kappa shape index (κ1) is 18.9. The maximum absolute atomic E-state index is 13.0. The quantitative estimate of drug-likeness (QED) is 0.772. The molecule has 1 aromatic heterocycles. The zero-order valence-electron chi connectivity index (χ0n) is 15.0. The fourth-order valence-electron chi connectivity index (χ4n) is 3.39. The molecule has 6 heteroatoms. The van der Waals surface area contributed by atoms with Crippen molar-refractivity contribution in [3.8, 4) is 0 Å². The molecule has 1 aliphatic heterocycles. The van der Waals surface area contributed by atoms with E-state index in [1.165, 1.54) is 11.3 Å². The first-order chi connectivity index (χ1) is 12.5. The van der Waals surface area contributed by atoms with Gasteiger partial charge in [0.1, 0.15) is 0 Å². The number of nitrogens with zero attached hydrogens (tertiary/aromatic N) is 2. The minimum Gasteiger partial charge on any atom is -0.339 e. The third-order valence-corrected chi connectivity index (χ3v) is 6.14. The lowest BCUT2D eigenvalue weighted by Crippen LogP contribution is -2.46. The Morgan fingerprint density at radius 3 is 2.81 bits per heavy atom. The fourth-order valence-corrected chi connectivity index (χ4v) is 4.28. The third-order valence-electron chi connectivity index (χ3n) is 5.05. The molecule has 0 bridgehead atoms. The maximum atomic E-state index is 13.0. The van der Waals surface area contributed by atoms with Gasteiger partial charge in [-0.05, 0) is 48.9 Å². The number of hydrogen-bond acceptors (Lipinski definition) is 3. The predicted molar refractivity (Wildman–Crippen MR) is 106 cm³/mol. The van der Waals surface area contributed by atoms with Crippen LogP contribution in [-0.4, -0.2) is 41.8 Å². The summed E-state index contributed by atoms with van der Waals surface area (Å²) in [5, 5.41) is 2.57. The van der Waals surface area contributed by atoms with Crippen LogP contribution in [-0.2, 0) is 4.79 Å². The van der Waals surface area contributed by atoms with Gasteiger partial charge in [-0.25, -0.2) is 0 Å². The van der Waals surface area contributed by atoms with Crippen LogP contribution in [0.5, 0.6) is 0 Å². The molecule has 1 aromatic carbocycles. The van der Waals surface area contributed by atoms with E-state index in [0.717, 1.165) is 23.3 Å². The Balaban J connectivity index is 1.67. The molecule has 2 heterocycles. The van der Waals surface area contributed by atoms with E-state index in [-0.39, 0.29) is 23.8 Å². The van der Waals surface area contributed by atoms with E-state index in [1.807, 2.05) is 60.6 Å². The molecule has 138 valence electrons. The van der Waals surface area contributed by atoms with Gasteiger partial charge in [0.15, 0.2) is 0 Å². The monoisotopic (exact) mass is 390 g/mol. The number of carbonyl (C=O) groups excluding carboxylic acids is 2. The summed E-state index contributed by atoms with van der Waals surface area (Å²) >= 11 is 7.52. The molecule has 0 aliphatic carbocycles. The number of hydrogen-bond donors (Lipinski definition) is 0. The lowest BCUT2D eigenvalue weighted by atomic mass is 9.95. The lowest BCUT2D eigenvalue weighted by molar-refractivity contribution is -0.137. The summed E-state index contributed by atoms with van der Waals surface area (Å²) in [6.45, 7) is 3.21. The Bertz CT molecular complexity index is 778. The van der Waals surface area contributed by atoms with E-state index < -0.39 is 0 Å². The molecule has 1 saturated heterocycles. The molecule has 0 radical (unpaired) electrons. The van der Waals surface area contributed by atoms with Crippen molar-refractivity contribution in [3.05, 3.63) is 57.2 Å². The van der Waals surface area contributed by atoms with Crippen LogP contribution in [0.15, 0.2) is 41.8 Å². The molecule has 0 spiro atoms. The molecule has 2 amide bonds. The van der Waals surface area contributed by atoms with Crippen molar-refractivity contribution in [2.45, 2.75) is 25.8 Å². The van der Waals surface area contributed by atoms with Gasteiger partial charge in [-0.15, -0.1) is 11.3 Å². The van der Waals surface area contributed by atoms with Gasteiger partial charge in [-0.1, -0.05) is 29.8 Å². The third kappa shape index (κ3) is 4.10. The van der Waals surface area contributed by atoms with Crippen molar-refractivity contribution in [1.82, 2.24) is 9.80 Å². The second-order valence-corrected chi connectivity index (χ2v) is 8.13. The number of carbonyl (C=O) groups is 2. The van der Waals surface area contributed by atoms with Crippen LogP contribution >= 0.6 is 22.9 Å². The van der Waals surface area contributed by atoms with Crippen LogP contribution < -0.4 is 0 Å². The molecule has 2 unspecified atom stereocenters. The Kier molecular flexibility index (Phi) is 5.99. The number of rotatable bonds is 4. The molecular formula is C20H23ClN2O2S. The average molecular weight is 391 g/mol. The normalized spacial score (nSPS) is 18.4. The molecule has 26 heavy (non-hydrogen) atoms. The van der Waals surface area contributed by atoms with E-state index in [1.54, 1.807) is 4.90 Å². The standard InChI is InChI=1S/C20H23ClN2O2S/c1-14(15-6-3-8-17(21)12-15)22(2)19(24)16-7-4-10-23(13-16)20(25)18-9-5-11-26-18/h3,5-6,8-9,11-12,14,16H,4,7,10,13H2,1-2H3. The zero-order valence-corrected chi connectivity index (χ0v) is 16.6. The molecule has 2 atom stereocenters. The first-order valence-electron chi connectivity index (χ1n) is 8.82. The molecule has 1 fully saturated rings. The highest BCUT2D eigenvalue weighted by Gasteiger charge is 2.32. The second kappa shape index (κ2) is 8.23. The SMILES string of the molecule is CC(c1cccc(Cl)c1)N(C)C(=O)C1CCCN(C(=O)c2cccs2)C1. The van der Waals surface area contributed by atoms with Gasteiger partial charge in [0.2, 0.25) is 5.91 Å². The Hall–Kier alpha value is -1.85. The van der Waals surface area contributed by atoms with Gasteiger partial charge in [-0.3, -0.25) is 9.59 Å². The van der Waals surface area contributed by atoms with Crippen molar-refractivity contribution in [2.24, 2.45) is 5.92 Å². The predicted octanol–water partition coefficient (Wildman–Crippen LogP) is 4.47. The van der Waals surface area contributed by atoms with E-state index in [9.17, 15) is 9.59 Å². The van der Waals surface area contributed by atoms with Crippen LogP contribution in [0.1, 0.15) is 41.0 Å². The Morgan fingerprint density at radius 1 is 1.31 bits per heavy atom. The van der Waals surface area contributed by atoms with Crippen LogP contribution in [0.4, 0.5) is 0 Å². The number of piperidine rings is 1. The first-order valence-corrected chi connectivity index (χ1v) is 10.1. The van der Waals surface area contributed by atoms with E-state index >= 15 is 0 Å². The van der Waals surface area contributed by atoms with Crippen molar-refractivity contribution >= 4 is 34.8 Å². The van der Waals surface area contributed by atoms with Gasteiger partial charge in [0, 0.05) is 25.2 Å². The number of thiophene rings is 1. The van der Waals surface area contributed by atoms with Gasteiger partial charge in [0.25, 0.3) is 5.91 Å². The molecule has 0 saturated carbocycles. The smallest absolute Gasteiger partial charge is 0.263 e. The minimum atomic E-state index is -0.153. The molecule has 1 aliphatic rings. The average Bonchev–Trinajstić information content (AvgIpc) is 3.20. The number of benzene rings is 1. The Labute approximate surface area is 163 Å². The summed E-state index contributed by atoms with van der Waals surface area (Å²) < 4.78 is 0. The molecule has 0 N–H and O–H groups in total. The summed E-state index contributed by atoms with van der Waals surface area (Å²) in [6, 6.07) is 11.3. The lowest BCUT2D eigenvalue weighted by Gasteiger charge is -2.35. The van der Waals surface area contributed by atoms with Gasteiger partial charge >= 0.3 is 0 Å². The molecular weight excluding hydrogens is 368 g/mol. The van der Waals surface area contributed by atoms with E-state index in [2.05, 4.69) is 0 Å². The summed E-state index contributed by atoms with van der Waals surface area (Å²) in [6.07, 6.45) is 1.67. The van der Waals surface area contributed by atoms with E-state index in [0.29, 0.717) is 18.1 Å². The molecule has 2 aromatic rings. The van der Waals surface area contributed by atoms with E-state index in [4.69, 9.17) is 11.6 Å². The Morgan fingerprint density at radius 2 is 2.12 bits per heavy atom. The summed E-state index contributed by atoms with van der Waals surface area (Å²) in [7, 11) is 1.83. The van der Waals surface area contributed by atoms with Gasteiger partial charge < -0.3 is 9.80 Å². The number of likely N-dealkylation sites (tertiary alicyclic amines) is 1. The van der Waals surface area contributed by atoms with Crippen molar-refractivity contribution in [2.75, 3.05) is 20.1 Å². The van der Waals surface area contributed by atoms with Crippen LogP contribution in [0.3, 0.4) is 0 Å². The topological polar surface area (TPSA) is 40.6 Å². The fraction of sp³-hybridized carbons (Fsp3) is 0.400. The molecule has 3 rings (SSSR count). The molecule has 4 nitrogen and oxygen atoms in total. The highest BCUT2D eigenvalue weighted by molar-refractivity contribution is 7.12. The summed E-state index contributed by atoms with van der Waals surface area (Å²) in [5.74, 6) is -0.0384. The van der Waals surface area contributed by atoms with Crippen LogP contribution in [0.2, 0.25) is 5.02 Å². The summed E-state index contributed by atoms with van der Waals surface area (Å²) in [5.41, 5.74) is 1.01. The maximum Gasteiger partial charge on any atom is 0.263 e. The highest BCUT2D eigenvalue weighted by atomic mass is 35.5. The zero-order chi connectivity index (χ0) is 18.7. The van der Waals surface area contributed by atoms with Crippen molar-refractivity contribution in [3.63, 3.8) is 0 Å². The van der Waals surface area contributed by atoms with Gasteiger partial charge in [-0.2, -0.15) is 0 Å². The number of amides is 2. The summed E-state index contributed by atoms with van der Waals surface area (Å²) in [4.78, 5) is 29.9. The van der Waals surface area contributed by atoms with Crippen molar-refractivity contribution in [1.29, 1.82) is 0 Å². The largest absolute Gasteiger partial charge is 0.339 e. The van der Waals surface area contributed by atoms with Crippen LogP contribution in [0.25, 0.3) is 0 Å². The van der Waals surface area contributed by atoms with Gasteiger partial charge in [0.05, 0.1) is 16.8 Å². The number of halogens is 1.